The van der Waals surface area contributed by atoms with Crippen molar-refractivity contribution in [2.24, 2.45) is 0 Å². The van der Waals surface area contributed by atoms with Crippen molar-refractivity contribution in [2.45, 2.75) is 13.0 Å². The van der Waals surface area contributed by atoms with Gasteiger partial charge < -0.3 is 10.2 Å². The number of hydrogen-bond donors (Lipinski definition) is 1. The molecule has 2 rings (SSSR count). The minimum Gasteiger partial charge on any atom is -0.337 e. The topological polar surface area (TPSA) is 32.3 Å². The molecule has 0 fully saturated rings. The number of rotatable bonds is 6. The normalized spacial score (nSPS) is 10.5. The van der Waals surface area contributed by atoms with Crippen LogP contribution in [-0.2, 0) is 13.0 Å². The highest BCUT2D eigenvalue weighted by molar-refractivity contribution is 9.10. The SMILES string of the molecule is CNCCc1ccccc1C(=O)N(C)Cc1ccc(Br)cc1. The molecule has 2 aromatic rings. The lowest BCUT2D eigenvalue weighted by molar-refractivity contribution is 0.0784. The average Bonchev–Trinajstić information content (AvgIpc) is 2.54. The summed E-state index contributed by atoms with van der Waals surface area (Å²) in [4.78, 5) is 14.5. The molecule has 0 aliphatic rings. The maximum Gasteiger partial charge on any atom is 0.254 e. The quantitative estimate of drug-likeness (QED) is 0.854. The lowest BCUT2D eigenvalue weighted by atomic mass is 10.0. The smallest absolute Gasteiger partial charge is 0.254 e. The molecule has 0 saturated carbocycles. The van der Waals surface area contributed by atoms with Crippen LogP contribution in [0.25, 0.3) is 0 Å². The minimum absolute atomic E-state index is 0.0645. The van der Waals surface area contributed by atoms with Gasteiger partial charge in [-0.3, -0.25) is 4.79 Å². The van der Waals surface area contributed by atoms with Gasteiger partial charge in [0.05, 0.1) is 0 Å². The molecule has 0 heterocycles. The largest absolute Gasteiger partial charge is 0.337 e. The van der Waals surface area contributed by atoms with E-state index in [-0.39, 0.29) is 5.91 Å². The maximum atomic E-state index is 12.7. The number of halogens is 1. The Morgan fingerprint density at radius 3 is 2.50 bits per heavy atom. The van der Waals surface area contributed by atoms with Crippen LogP contribution in [0.3, 0.4) is 0 Å². The number of benzene rings is 2. The van der Waals surface area contributed by atoms with Gasteiger partial charge in [0.2, 0.25) is 0 Å². The van der Waals surface area contributed by atoms with E-state index in [1.165, 1.54) is 0 Å². The summed E-state index contributed by atoms with van der Waals surface area (Å²) in [6.45, 7) is 1.47. The molecule has 0 spiro atoms. The van der Waals surface area contributed by atoms with E-state index in [1.54, 1.807) is 4.90 Å². The first kappa shape index (κ1) is 16.7. The first-order valence-corrected chi connectivity index (χ1v) is 8.13. The Bertz CT molecular complexity index is 625. The molecule has 3 nitrogen and oxygen atoms in total. The Morgan fingerprint density at radius 2 is 1.82 bits per heavy atom. The fourth-order valence-electron chi connectivity index (χ4n) is 2.35. The zero-order valence-electron chi connectivity index (χ0n) is 13.0. The van der Waals surface area contributed by atoms with E-state index in [0.29, 0.717) is 6.54 Å². The summed E-state index contributed by atoms with van der Waals surface area (Å²) in [5.41, 5.74) is 2.99. The van der Waals surface area contributed by atoms with Gasteiger partial charge in [-0.15, -0.1) is 0 Å². The number of likely N-dealkylation sites (N-methyl/N-ethyl adjacent to an activating group) is 1. The molecule has 4 heteroatoms. The molecule has 0 bridgehead atoms. The van der Waals surface area contributed by atoms with Gasteiger partial charge in [-0.2, -0.15) is 0 Å². The second-order valence-corrected chi connectivity index (χ2v) is 6.21. The molecule has 0 radical (unpaired) electrons. The average molecular weight is 361 g/mol. The summed E-state index contributed by atoms with van der Waals surface area (Å²) in [7, 11) is 3.77. The number of nitrogens with one attached hydrogen (secondary N) is 1. The van der Waals surface area contributed by atoms with E-state index in [1.807, 2.05) is 62.6 Å². The van der Waals surface area contributed by atoms with Gasteiger partial charge in [-0.05, 0) is 49.3 Å². The highest BCUT2D eigenvalue weighted by Gasteiger charge is 2.15. The minimum atomic E-state index is 0.0645. The van der Waals surface area contributed by atoms with Crippen molar-refractivity contribution in [3.8, 4) is 0 Å². The predicted molar refractivity (Wildman–Crippen MR) is 94.0 cm³/mol. The molecular weight excluding hydrogens is 340 g/mol. The van der Waals surface area contributed by atoms with Crippen molar-refractivity contribution in [1.29, 1.82) is 0 Å². The molecule has 2 aromatic carbocycles. The Hall–Kier alpha value is -1.65. The number of carbonyl (C=O) groups excluding carboxylic acids is 1. The first-order valence-electron chi connectivity index (χ1n) is 7.34. The third kappa shape index (κ3) is 4.42. The van der Waals surface area contributed by atoms with Crippen molar-refractivity contribution in [3.05, 3.63) is 69.7 Å². The molecule has 0 aliphatic heterocycles. The van der Waals surface area contributed by atoms with Crippen molar-refractivity contribution < 1.29 is 4.79 Å². The summed E-state index contributed by atoms with van der Waals surface area (Å²) in [6, 6.07) is 15.9. The molecule has 1 N–H and O–H groups in total. The number of carbonyl (C=O) groups is 1. The van der Waals surface area contributed by atoms with E-state index in [2.05, 4.69) is 21.2 Å². The molecule has 0 aromatic heterocycles. The number of nitrogens with zero attached hydrogens (tertiary/aromatic N) is 1. The molecular formula is C18H21BrN2O. The summed E-state index contributed by atoms with van der Waals surface area (Å²) in [5.74, 6) is 0.0645. The van der Waals surface area contributed by atoms with E-state index >= 15 is 0 Å². The van der Waals surface area contributed by atoms with E-state index in [0.717, 1.165) is 34.1 Å². The Kier molecular flexibility index (Phi) is 6.16. The van der Waals surface area contributed by atoms with Gasteiger partial charge in [0.25, 0.3) is 5.91 Å². The van der Waals surface area contributed by atoms with Gasteiger partial charge >= 0.3 is 0 Å². The fraction of sp³-hybridized carbons (Fsp3) is 0.278. The van der Waals surface area contributed by atoms with Crippen LogP contribution >= 0.6 is 15.9 Å². The van der Waals surface area contributed by atoms with E-state index in [4.69, 9.17) is 0 Å². The summed E-state index contributed by atoms with van der Waals surface area (Å²) in [6.07, 6.45) is 0.852. The van der Waals surface area contributed by atoms with Crippen LogP contribution in [0.4, 0.5) is 0 Å². The van der Waals surface area contributed by atoms with Gasteiger partial charge in [0.15, 0.2) is 0 Å². The molecule has 22 heavy (non-hydrogen) atoms. The van der Waals surface area contributed by atoms with E-state index < -0.39 is 0 Å². The third-order valence-corrected chi connectivity index (χ3v) is 4.10. The number of amides is 1. The molecule has 1 amide bonds. The Balaban J connectivity index is 2.11. The molecule has 0 unspecified atom stereocenters. The van der Waals surface area contributed by atoms with Crippen LogP contribution in [0.15, 0.2) is 53.0 Å². The van der Waals surface area contributed by atoms with Crippen molar-refractivity contribution in [3.63, 3.8) is 0 Å². The highest BCUT2D eigenvalue weighted by Crippen LogP contribution is 2.15. The highest BCUT2D eigenvalue weighted by atomic mass is 79.9. The molecule has 116 valence electrons. The third-order valence-electron chi connectivity index (χ3n) is 3.57. The summed E-state index contributed by atoms with van der Waals surface area (Å²) in [5, 5.41) is 3.13. The molecule has 0 aliphatic carbocycles. The standard InChI is InChI=1S/C18H21BrN2O/c1-20-12-11-15-5-3-4-6-17(15)18(22)21(2)13-14-7-9-16(19)10-8-14/h3-10,20H,11-13H2,1-2H3. The molecule has 0 atom stereocenters. The van der Waals surface area contributed by atoms with Crippen LogP contribution in [0.2, 0.25) is 0 Å². The monoisotopic (exact) mass is 360 g/mol. The first-order chi connectivity index (χ1) is 10.6. The van der Waals surface area contributed by atoms with Gasteiger partial charge in [-0.1, -0.05) is 46.3 Å². The Labute approximate surface area is 140 Å². The zero-order chi connectivity index (χ0) is 15.9. The van der Waals surface area contributed by atoms with Crippen LogP contribution in [0.5, 0.6) is 0 Å². The van der Waals surface area contributed by atoms with Crippen LogP contribution < -0.4 is 5.32 Å². The predicted octanol–water partition coefficient (Wildman–Crippen LogP) is 3.48. The maximum absolute atomic E-state index is 12.7. The van der Waals surface area contributed by atoms with E-state index in [9.17, 15) is 4.79 Å². The van der Waals surface area contributed by atoms with Crippen LogP contribution in [0, 0.1) is 0 Å². The second kappa shape index (κ2) is 8.11. The van der Waals surface area contributed by atoms with Crippen LogP contribution in [0.1, 0.15) is 21.5 Å². The van der Waals surface area contributed by atoms with Crippen molar-refractivity contribution in [1.82, 2.24) is 10.2 Å². The molecule has 0 saturated heterocycles. The lowest BCUT2D eigenvalue weighted by Gasteiger charge is -2.19. The summed E-state index contributed by atoms with van der Waals surface area (Å²) >= 11 is 3.42. The second-order valence-electron chi connectivity index (χ2n) is 5.30. The zero-order valence-corrected chi connectivity index (χ0v) is 14.6. The fourth-order valence-corrected chi connectivity index (χ4v) is 2.61. The van der Waals surface area contributed by atoms with Crippen molar-refractivity contribution >= 4 is 21.8 Å². The Morgan fingerprint density at radius 1 is 1.14 bits per heavy atom. The number of hydrogen-bond acceptors (Lipinski definition) is 2. The van der Waals surface area contributed by atoms with Gasteiger partial charge in [-0.25, -0.2) is 0 Å². The van der Waals surface area contributed by atoms with Gasteiger partial charge in [0, 0.05) is 23.6 Å². The summed E-state index contributed by atoms with van der Waals surface area (Å²) < 4.78 is 1.04. The van der Waals surface area contributed by atoms with Gasteiger partial charge in [0.1, 0.15) is 0 Å². The van der Waals surface area contributed by atoms with Crippen LogP contribution in [-0.4, -0.2) is 31.4 Å². The lowest BCUT2D eigenvalue weighted by Crippen LogP contribution is -2.27. The van der Waals surface area contributed by atoms with Crippen molar-refractivity contribution in [2.75, 3.05) is 20.6 Å².